The van der Waals surface area contributed by atoms with E-state index >= 15 is 0 Å². The van der Waals surface area contributed by atoms with Crippen LogP contribution in [-0.2, 0) is 11.2 Å². The maximum absolute atomic E-state index is 14.4. The minimum absolute atomic E-state index is 0.0327. The smallest absolute Gasteiger partial charge is 0.366 e. The maximum Gasteiger partial charge on any atom is 0.395 e. The summed E-state index contributed by atoms with van der Waals surface area (Å²) in [6.45, 7) is 0.0974. The first kappa shape index (κ1) is 26.9. The predicted molar refractivity (Wildman–Crippen MR) is 123 cm³/mol. The van der Waals surface area contributed by atoms with E-state index in [0.29, 0.717) is 11.1 Å². The Morgan fingerprint density at radius 2 is 1.94 bits per heavy atom. The van der Waals surface area contributed by atoms with E-state index in [1.54, 1.807) is 31.1 Å². The third-order valence-electron chi connectivity index (χ3n) is 6.64. The third-order valence-corrected chi connectivity index (χ3v) is 7.05. The Labute approximate surface area is 205 Å². The summed E-state index contributed by atoms with van der Waals surface area (Å²) >= 11 is 6.09. The largest absolute Gasteiger partial charge is 0.395 e. The predicted octanol–water partition coefficient (Wildman–Crippen LogP) is 4.08. The lowest BCUT2D eigenvalue weighted by Gasteiger charge is -2.30. The number of likely N-dealkylation sites (N-methyl/N-ethyl adjacent to an activating group) is 1. The zero-order valence-electron chi connectivity index (χ0n) is 19.3. The molecule has 1 aliphatic carbocycles. The van der Waals surface area contributed by atoms with Crippen molar-refractivity contribution in [1.29, 1.82) is 0 Å². The van der Waals surface area contributed by atoms with Gasteiger partial charge in [0.05, 0.1) is 16.0 Å². The zero-order chi connectivity index (χ0) is 26.0. The minimum Gasteiger partial charge on any atom is -0.366 e. The number of hydrogen-bond donors (Lipinski definition) is 2. The second-order valence-electron chi connectivity index (χ2n) is 9.09. The summed E-state index contributed by atoms with van der Waals surface area (Å²) in [6.07, 6.45) is -1.77. The number of hydrogen-bond acceptors (Lipinski definition) is 4. The van der Waals surface area contributed by atoms with Gasteiger partial charge in [-0.3, -0.25) is 14.6 Å². The van der Waals surface area contributed by atoms with Gasteiger partial charge in [0.1, 0.15) is 0 Å². The summed E-state index contributed by atoms with van der Waals surface area (Å²) in [4.78, 5) is 29.8. The highest BCUT2D eigenvalue weighted by Gasteiger charge is 2.67. The Hall–Kier alpha value is -2.72. The number of carbonyl (C=O) groups is 2. The van der Waals surface area contributed by atoms with E-state index in [2.05, 4.69) is 10.3 Å². The molecule has 0 unspecified atom stereocenters. The Morgan fingerprint density at radius 3 is 2.46 bits per heavy atom. The number of nitrogens with zero attached hydrogens (tertiary/aromatic N) is 2. The molecule has 0 bridgehead atoms. The van der Waals surface area contributed by atoms with Crippen molar-refractivity contribution in [3.63, 3.8) is 0 Å². The van der Waals surface area contributed by atoms with E-state index < -0.39 is 35.1 Å². The second-order valence-corrected chi connectivity index (χ2v) is 9.47. The summed E-state index contributed by atoms with van der Waals surface area (Å²) in [7, 11) is 3.50. The lowest BCUT2D eigenvalue weighted by Crippen LogP contribution is -2.43. The second kappa shape index (κ2) is 10.5. The molecule has 190 valence electrons. The fourth-order valence-corrected chi connectivity index (χ4v) is 4.54. The number of primary amides is 1. The summed E-state index contributed by atoms with van der Waals surface area (Å²) in [6, 6.07) is 5.51. The van der Waals surface area contributed by atoms with Crippen molar-refractivity contribution in [3.8, 4) is 0 Å². The number of pyridine rings is 1. The van der Waals surface area contributed by atoms with Gasteiger partial charge >= 0.3 is 6.18 Å². The van der Waals surface area contributed by atoms with Crippen molar-refractivity contribution in [1.82, 2.24) is 15.2 Å². The normalized spacial score (nSPS) is 16.6. The van der Waals surface area contributed by atoms with Gasteiger partial charge in [-0.25, -0.2) is 4.39 Å². The van der Waals surface area contributed by atoms with Gasteiger partial charge in [0.25, 0.3) is 5.91 Å². The highest BCUT2D eigenvalue weighted by Crippen LogP contribution is 2.66. The van der Waals surface area contributed by atoms with Crippen LogP contribution in [0.1, 0.15) is 46.7 Å². The van der Waals surface area contributed by atoms with Crippen LogP contribution in [0, 0.1) is 11.2 Å². The molecular weight excluding hydrogens is 488 g/mol. The van der Waals surface area contributed by atoms with Crippen LogP contribution in [0.2, 0.25) is 5.02 Å². The van der Waals surface area contributed by atoms with E-state index in [4.69, 9.17) is 17.3 Å². The SMILES string of the molecule is CN(C)[C@H](CNC(=O)C[C@@H](c1cccnc1)C1(C(F)(F)F)CC1)Cc1ccc(C(N)=O)c(F)c1Cl. The van der Waals surface area contributed by atoms with Crippen LogP contribution in [0.3, 0.4) is 0 Å². The van der Waals surface area contributed by atoms with Crippen LogP contribution in [0.4, 0.5) is 17.6 Å². The van der Waals surface area contributed by atoms with Crippen LogP contribution in [0.5, 0.6) is 0 Å². The standard InChI is InChI=1S/C24H27ClF4N4O2/c1-33(2)16(10-14-5-6-17(22(30)35)21(26)20(14)25)13-32-19(34)11-18(15-4-3-9-31-12-15)23(7-8-23)24(27,28)29/h3-6,9,12,16,18H,7-8,10-11,13H2,1-2H3,(H2,30,35)(H,32,34)/t16-,18-/m0/s1. The average molecular weight is 515 g/mol. The van der Waals surface area contributed by atoms with E-state index in [9.17, 15) is 27.2 Å². The molecular formula is C24H27ClF4N4O2. The number of alkyl halides is 3. The molecule has 2 atom stereocenters. The van der Waals surface area contributed by atoms with E-state index in [-0.39, 0.29) is 48.9 Å². The molecule has 0 radical (unpaired) electrons. The molecule has 0 saturated heterocycles. The average Bonchev–Trinajstić information content (AvgIpc) is 3.60. The van der Waals surface area contributed by atoms with Gasteiger partial charge in [-0.15, -0.1) is 0 Å². The highest BCUT2D eigenvalue weighted by atomic mass is 35.5. The highest BCUT2D eigenvalue weighted by molar-refractivity contribution is 6.32. The molecule has 35 heavy (non-hydrogen) atoms. The molecule has 2 amide bonds. The number of halogens is 5. The molecule has 2 aromatic rings. The van der Waals surface area contributed by atoms with Crippen molar-refractivity contribution in [2.45, 2.75) is 43.8 Å². The third kappa shape index (κ3) is 5.92. The van der Waals surface area contributed by atoms with Crippen molar-refractivity contribution in [2.24, 2.45) is 11.1 Å². The van der Waals surface area contributed by atoms with Crippen molar-refractivity contribution >= 4 is 23.4 Å². The number of rotatable bonds is 10. The van der Waals surface area contributed by atoms with Gasteiger partial charge in [-0.1, -0.05) is 23.7 Å². The lowest BCUT2D eigenvalue weighted by molar-refractivity contribution is -0.194. The van der Waals surface area contributed by atoms with E-state index in [1.165, 1.54) is 24.5 Å². The van der Waals surface area contributed by atoms with Gasteiger partial charge in [0.2, 0.25) is 5.91 Å². The quantitative estimate of drug-likeness (QED) is 0.468. The topological polar surface area (TPSA) is 88.3 Å². The van der Waals surface area contributed by atoms with E-state index in [0.717, 1.165) is 0 Å². The van der Waals surface area contributed by atoms with Crippen LogP contribution in [0.15, 0.2) is 36.7 Å². The Morgan fingerprint density at radius 1 is 1.26 bits per heavy atom. The van der Waals surface area contributed by atoms with Gasteiger partial charge < -0.3 is 16.0 Å². The molecule has 1 aliphatic rings. The van der Waals surface area contributed by atoms with Crippen molar-refractivity contribution in [3.05, 3.63) is 64.2 Å². The van der Waals surface area contributed by atoms with E-state index in [1.807, 2.05) is 0 Å². The fraction of sp³-hybridized carbons (Fsp3) is 0.458. The number of benzene rings is 1. The van der Waals surface area contributed by atoms with Crippen LogP contribution >= 0.6 is 11.6 Å². The van der Waals surface area contributed by atoms with Gasteiger partial charge in [0, 0.05) is 37.3 Å². The Bertz CT molecular complexity index is 1080. The Balaban J connectivity index is 1.71. The number of nitrogens with one attached hydrogen (secondary N) is 1. The van der Waals surface area contributed by atoms with Crippen LogP contribution < -0.4 is 11.1 Å². The zero-order valence-corrected chi connectivity index (χ0v) is 20.1. The molecule has 1 aromatic carbocycles. The summed E-state index contributed by atoms with van der Waals surface area (Å²) in [5.41, 5.74) is 3.67. The van der Waals surface area contributed by atoms with Gasteiger partial charge in [-0.05, 0) is 56.6 Å². The molecule has 1 aromatic heterocycles. The first-order chi connectivity index (χ1) is 16.4. The monoisotopic (exact) mass is 514 g/mol. The first-order valence-electron chi connectivity index (χ1n) is 11.0. The molecule has 0 spiro atoms. The number of amides is 2. The fourth-order valence-electron chi connectivity index (χ4n) is 4.30. The lowest BCUT2D eigenvalue weighted by atomic mass is 9.80. The van der Waals surface area contributed by atoms with Gasteiger partial charge in [-0.2, -0.15) is 13.2 Å². The first-order valence-corrected chi connectivity index (χ1v) is 11.4. The summed E-state index contributed by atoms with van der Waals surface area (Å²) in [5, 5.41) is 2.48. The summed E-state index contributed by atoms with van der Waals surface area (Å²) in [5.74, 6) is -3.43. The van der Waals surface area contributed by atoms with Crippen LogP contribution in [-0.4, -0.2) is 54.6 Å². The molecule has 6 nitrogen and oxygen atoms in total. The number of carbonyl (C=O) groups excluding carboxylic acids is 2. The Kier molecular flexibility index (Phi) is 8.06. The van der Waals surface area contributed by atoms with Crippen LogP contribution in [0.25, 0.3) is 0 Å². The van der Waals surface area contributed by atoms with Crippen molar-refractivity contribution in [2.75, 3.05) is 20.6 Å². The minimum atomic E-state index is -4.43. The molecule has 11 heteroatoms. The number of aromatic nitrogens is 1. The van der Waals surface area contributed by atoms with Gasteiger partial charge in [0.15, 0.2) is 5.82 Å². The molecule has 3 N–H and O–H groups in total. The van der Waals surface area contributed by atoms with Crippen molar-refractivity contribution < 1.29 is 27.2 Å². The number of nitrogens with two attached hydrogens (primary N) is 1. The molecule has 0 aliphatic heterocycles. The summed E-state index contributed by atoms with van der Waals surface area (Å²) < 4.78 is 56.0. The molecule has 1 saturated carbocycles. The molecule has 1 fully saturated rings. The molecule has 1 heterocycles. The maximum atomic E-state index is 14.4. The molecule has 3 rings (SSSR count).